The highest BCUT2D eigenvalue weighted by atomic mass is 19.3. The predicted molar refractivity (Wildman–Crippen MR) is 67.5 cm³/mol. The van der Waals surface area contributed by atoms with Crippen molar-refractivity contribution >= 4 is 17.5 Å². The van der Waals surface area contributed by atoms with E-state index in [2.05, 4.69) is 15.0 Å². The van der Waals surface area contributed by atoms with Crippen molar-refractivity contribution in [3.05, 3.63) is 47.9 Å². The number of rotatable bonds is 5. The standard InChI is InChI=1S/C13H9F3N2O3/c14-7-5-8(12(19)20)11(17-6-7)18-9-3-1-2-4-10(9)21-13(15)16/h1-6,13H,(H,17,18)(H,19,20). The second kappa shape index (κ2) is 6.12. The quantitative estimate of drug-likeness (QED) is 0.886. The number of alkyl halides is 2. The van der Waals surface area contributed by atoms with Gasteiger partial charge in [-0.25, -0.2) is 14.2 Å². The Bertz CT molecular complexity index is 665. The molecule has 0 amide bonds. The van der Waals surface area contributed by atoms with Crippen molar-refractivity contribution in [1.82, 2.24) is 4.98 Å². The molecule has 0 aliphatic heterocycles. The molecule has 0 spiro atoms. The van der Waals surface area contributed by atoms with Crippen LogP contribution in [-0.4, -0.2) is 22.7 Å². The lowest BCUT2D eigenvalue weighted by Gasteiger charge is -2.13. The van der Waals surface area contributed by atoms with Crippen LogP contribution in [0.3, 0.4) is 0 Å². The molecule has 0 fully saturated rings. The molecule has 0 aliphatic rings. The van der Waals surface area contributed by atoms with Crippen LogP contribution in [0.4, 0.5) is 24.7 Å². The zero-order chi connectivity index (χ0) is 15.4. The number of hydrogen-bond donors (Lipinski definition) is 2. The molecule has 1 aromatic carbocycles. The summed E-state index contributed by atoms with van der Waals surface area (Å²) in [7, 11) is 0. The van der Waals surface area contributed by atoms with Crippen molar-refractivity contribution in [3.8, 4) is 5.75 Å². The molecule has 5 nitrogen and oxygen atoms in total. The first-order chi connectivity index (χ1) is 9.97. The molecule has 8 heteroatoms. The molecule has 21 heavy (non-hydrogen) atoms. The van der Waals surface area contributed by atoms with Gasteiger partial charge in [0.15, 0.2) is 0 Å². The first-order valence-electron chi connectivity index (χ1n) is 5.67. The average Bonchev–Trinajstić information content (AvgIpc) is 2.42. The van der Waals surface area contributed by atoms with Gasteiger partial charge in [0.25, 0.3) is 0 Å². The number of carbonyl (C=O) groups is 1. The second-order valence-electron chi connectivity index (χ2n) is 3.85. The van der Waals surface area contributed by atoms with Crippen LogP contribution >= 0.6 is 0 Å². The Labute approximate surface area is 117 Å². The number of halogens is 3. The molecule has 0 unspecified atom stereocenters. The van der Waals surface area contributed by atoms with Crippen molar-refractivity contribution in [3.63, 3.8) is 0 Å². The van der Waals surface area contributed by atoms with Crippen LogP contribution in [0.15, 0.2) is 36.5 Å². The fourth-order valence-electron chi connectivity index (χ4n) is 1.60. The van der Waals surface area contributed by atoms with E-state index in [1.54, 1.807) is 0 Å². The summed E-state index contributed by atoms with van der Waals surface area (Å²) < 4.78 is 41.9. The Kier molecular flexibility index (Phi) is 4.27. The maximum Gasteiger partial charge on any atom is 0.387 e. The normalized spacial score (nSPS) is 10.5. The third-order valence-electron chi connectivity index (χ3n) is 2.44. The van der Waals surface area contributed by atoms with Crippen molar-refractivity contribution < 1.29 is 27.8 Å². The van der Waals surface area contributed by atoms with Crippen molar-refractivity contribution in [2.75, 3.05) is 5.32 Å². The Hall–Kier alpha value is -2.77. The van der Waals surface area contributed by atoms with Gasteiger partial charge in [-0.3, -0.25) is 0 Å². The van der Waals surface area contributed by atoms with Gasteiger partial charge in [0.1, 0.15) is 22.9 Å². The number of carboxylic acid groups (broad SMARTS) is 1. The van der Waals surface area contributed by atoms with Crippen LogP contribution in [0, 0.1) is 5.82 Å². The fourth-order valence-corrected chi connectivity index (χ4v) is 1.60. The maximum atomic E-state index is 13.0. The van der Waals surface area contributed by atoms with Gasteiger partial charge < -0.3 is 15.2 Å². The molecule has 0 radical (unpaired) electrons. The molecule has 1 heterocycles. The fraction of sp³-hybridized carbons (Fsp3) is 0.0769. The molecule has 1 aromatic heterocycles. The van der Waals surface area contributed by atoms with Crippen LogP contribution in [-0.2, 0) is 0 Å². The molecule has 0 bridgehead atoms. The van der Waals surface area contributed by atoms with Gasteiger partial charge in [0, 0.05) is 0 Å². The lowest BCUT2D eigenvalue weighted by Crippen LogP contribution is -2.08. The van der Waals surface area contributed by atoms with Crippen LogP contribution in [0.1, 0.15) is 10.4 Å². The van der Waals surface area contributed by atoms with E-state index in [1.165, 1.54) is 24.3 Å². The Morgan fingerprint density at radius 1 is 1.33 bits per heavy atom. The van der Waals surface area contributed by atoms with E-state index in [9.17, 15) is 18.0 Å². The summed E-state index contributed by atoms with van der Waals surface area (Å²) in [4.78, 5) is 14.6. The zero-order valence-electron chi connectivity index (χ0n) is 10.4. The summed E-state index contributed by atoms with van der Waals surface area (Å²) in [6.45, 7) is -3.03. The number of hydrogen-bond acceptors (Lipinski definition) is 4. The number of nitrogens with one attached hydrogen (secondary N) is 1. The van der Waals surface area contributed by atoms with Crippen molar-refractivity contribution in [1.29, 1.82) is 0 Å². The van der Waals surface area contributed by atoms with Gasteiger partial charge in [-0.1, -0.05) is 12.1 Å². The molecule has 0 saturated carbocycles. The van der Waals surface area contributed by atoms with E-state index in [-0.39, 0.29) is 17.3 Å². The van der Waals surface area contributed by atoms with Gasteiger partial charge in [0.05, 0.1) is 11.9 Å². The Morgan fingerprint density at radius 3 is 2.71 bits per heavy atom. The minimum Gasteiger partial charge on any atom is -0.478 e. The number of benzene rings is 1. The van der Waals surface area contributed by atoms with Gasteiger partial charge in [-0.15, -0.1) is 0 Å². The summed E-state index contributed by atoms with van der Waals surface area (Å²) >= 11 is 0. The number of aromatic carboxylic acids is 1. The number of pyridine rings is 1. The number of nitrogens with zero attached hydrogens (tertiary/aromatic N) is 1. The number of carboxylic acids is 1. The molecular weight excluding hydrogens is 289 g/mol. The zero-order valence-corrected chi connectivity index (χ0v) is 10.4. The lowest BCUT2D eigenvalue weighted by atomic mass is 10.2. The van der Waals surface area contributed by atoms with E-state index < -0.39 is 24.0 Å². The van der Waals surface area contributed by atoms with Crippen LogP contribution in [0.25, 0.3) is 0 Å². The molecule has 2 aromatic rings. The third-order valence-corrected chi connectivity index (χ3v) is 2.44. The number of aromatic nitrogens is 1. The topological polar surface area (TPSA) is 71.5 Å². The number of para-hydroxylation sites is 2. The number of ether oxygens (including phenoxy) is 1. The minimum absolute atomic E-state index is 0.0828. The molecule has 2 rings (SSSR count). The highest BCUT2D eigenvalue weighted by Crippen LogP contribution is 2.29. The molecule has 0 atom stereocenters. The third kappa shape index (κ3) is 3.62. The summed E-state index contributed by atoms with van der Waals surface area (Å²) in [6.07, 6.45) is 0.811. The smallest absolute Gasteiger partial charge is 0.387 e. The lowest BCUT2D eigenvalue weighted by molar-refractivity contribution is -0.0493. The second-order valence-corrected chi connectivity index (χ2v) is 3.85. The van der Waals surface area contributed by atoms with Crippen LogP contribution in [0.2, 0.25) is 0 Å². The first-order valence-corrected chi connectivity index (χ1v) is 5.67. The highest BCUT2D eigenvalue weighted by molar-refractivity contribution is 5.94. The first kappa shape index (κ1) is 14.6. The molecule has 2 N–H and O–H groups in total. The minimum atomic E-state index is -3.03. The van der Waals surface area contributed by atoms with Gasteiger partial charge in [-0.2, -0.15) is 8.78 Å². The summed E-state index contributed by atoms with van der Waals surface area (Å²) in [5.41, 5.74) is -0.346. The maximum absolute atomic E-state index is 13.0. The van der Waals surface area contributed by atoms with Gasteiger partial charge >= 0.3 is 12.6 Å². The van der Waals surface area contributed by atoms with Crippen LogP contribution in [0.5, 0.6) is 5.75 Å². The largest absolute Gasteiger partial charge is 0.478 e. The molecule has 0 saturated heterocycles. The SMILES string of the molecule is O=C(O)c1cc(F)cnc1Nc1ccccc1OC(F)F. The van der Waals surface area contributed by atoms with E-state index >= 15 is 0 Å². The van der Waals surface area contributed by atoms with Crippen molar-refractivity contribution in [2.24, 2.45) is 0 Å². The van der Waals surface area contributed by atoms with Gasteiger partial charge in [-0.05, 0) is 18.2 Å². The highest BCUT2D eigenvalue weighted by Gasteiger charge is 2.15. The van der Waals surface area contributed by atoms with E-state index in [0.29, 0.717) is 0 Å². The Morgan fingerprint density at radius 2 is 2.05 bits per heavy atom. The summed E-state index contributed by atoms with van der Waals surface area (Å²) in [5, 5.41) is 11.5. The summed E-state index contributed by atoms with van der Waals surface area (Å²) in [6, 6.07) is 6.45. The average molecular weight is 298 g/mol. The predicted octanol–water partition coefficient (Wildman–Crippen LogP) is 3.26. The molecular formula is C13H9F3N2O3. The van der Waals surface area contributed by atoms with E-state index in [1.807, 2.05) is 0 Å². The Balaban J connectivity index is 2.37. The monoisotopic (exact) mass is 298 g/mol. The van der Waals surface area contributed by atoms with Crippen molar-refractivity contribution in [2.45, 2.75) is 6.61 Å². The van der Waals surface area contributed by atoms with E-state index in [4.69, 9.17) is 5.11 Å². The summed E-state index contributed by atoms with van der Waals surface area (Å²) in [5.74, 6) is -2.60. The molecule has 110 valence electrons. The van der Waals surface area contributed by atoms with E-state index in [0.717, 1.165) is 12.3 Å². The number of anilines is 2. The van der Waals surface area contributed by atoms with Crippen LogP contribution < -0.4 is 10.1 Å². The van der Waals surface area contributed by atoms with Gasteiger partial charge in [0.2, 0.25) is 0 Å². The molecule has 0 aliphatic carbocycles.